The van der Waals surface area contributed by atoms with Crippen molar-refractivity contribution in [3.8, 4) is 6.07 Å². The van der Waals surface area contributed by atoms with Gasteiger partial charge < -0.3 is 26.6 Å². The van der Waals surface area contributed by atoms with Crippen LogP contribution in [-0.4, -0.2) is 36.3 Å². The molecule has 2 fully saturated rings. The van der Waals surface area contributed by atoms with Crippen molar-refractivity contribution in [2.24, 2.45) is 17.1 Å². The lowest BCUT2D eigenvalue weighted by Gasteiger charge is -2.25. The zero-order valence-electron chi connectivity index (χ0n) is 18.4. The highest BCUT2D eigenvalue weighted by atomic mass is 19.1. The number of dihydropyridines is 1. The summed E-state index contributed by atoms with van der Waals surface area (Å²) in [6.45, 7) is 0.574. The van der Waals surface area contributed by atoms with Crippen molar-refractivity contribution in [3.05, 3.63) is 65.4 Å². The lowest BCUT2D eigenvalue weighted by Crippen LogP contribution is -2.43. The summed E-state index contributed by atoms with van der Waals surface area (Å²) in [5.74, 6) is -0.807. The number of halogens is 1. The largest absolute Gasteiger partial charge is 0.397 e. The number of hydrogen-bond donors (Lipinski definition) is 4. The highest BCUT2D eigenvalue weighted by Crippen LogP contribution is 2.51. The van der Waals surface area contributed by atoms with Gasteiger partial charge in [-0.25, -0.2) is 4.39 Å². The van der Waals surface area contributed by atoms with Crippen LogP contribution in [0.2, 0.25) is 0 Å². The first-order valence-electron chi connectivity index (χ1n) is 11.0. The Morgan fingerprint density at radius 2 is 2.21 bits per heavy atom. The minimum absolute atomic E-state index is 0.114. The van der Waals surface area contributed by atoms with Crippen molar-refractivity contribution in [2.45, 2.75) is 31.8 Å². The summed E-state index contributed by atoms with van der Waals surface area (Å²) in [4.78, 5) is 27.4. The molecular weight excluding hydrogens is 423 g/mol. The third-order valence-corrected chi connectivity index (χ3v) is 6.35. The van der Waals surface area contributed by atoms with E-state index in [9.17, 15) is 19.2 Å². The molecule has 3 aliphatic rings. The monoisotopic (exact) mass is 450 g/mol. The number of nitriles is 1. The van der Waals surface area contributed by atoms with Crippen LogP contribution < -0.4 is 21.7 Å². The number of carbonyl (C=O) groups excluding carboxylic acids is 2. The summed E-state index contributed by atoms with van der Waals surface area (Å²) in [5, 5.41) is 18.2. The van der Waals surface area contributed by atoms with Crippen molar-refractivity contribution in [3.63, 3.8) is 0 Å². The molecule has 2 heterocycles. The molecule has 1 aliphatic carbocycles. The SMILES string of the molecule is CN/C=C(\N)c1cc(F)cc(CNC(=O)C2C=C(N3CCC(C#N)(C4CC4)C3=O)C=CN2)c1. The first-order valence-corrected chi connectivity index (χ1v) is 11.0. The molecule has 0 bridgehead atoms. The summed E-state index contributed by atoms with van der Waals surface area (Å²) < 4.78 is 14.0. The molecule has 8 nitrogen and oxygen atoms in total. The van der Waals surface area contributed by atoms with Gasteiger partial charge in [0.15, 0.2) is 0 Å². The average molecular weight is 451 g/mol. The number of nitrogens with zero attached hydrogens (tertiary/aromatic N) is 2. The van der Waals surface area contributed by atoms with E-state index < -0.39 is 17.3 Å². The van der Waals surface area contributed by atoms with E-state index in [0.717, 1.165) is 12.8 Å². The predicted octanol–water partition coefficient (Wildman–Crippen LogP) is 1.44. The number of carbonyl (C=O) groups is 2. The van der Waals surface area contributed by atoms with Gasteiger partial charge in [-0.2, -0.15) is 5.26 Å². The van der Waals surface area contributed by atoms with Gasteiger partial charge in [0.25, 0.3) is 0 Å². The summed E-state index contributed by atoms with van der Waals surface area (Å²) >= 11 is 0. The second kappa shape index (κ2) is 8.98. The molecular formula is C24H27FN6O2. The molecule has 2 aliphatic heterocycles. The number of likely N-dealkylation sites (tertiary alicyclic amines) is 1. The van der Waals surface area contributed by atoms with Gasteiger partial charge in [-0.05, 0) is 67.3 Å². The third-order valence-electron chi connectivity index (χ3n) is 6.35. The summed E-state index contributed by atoms with van der Waals surface area (Å²) in [5.41, 5.74) is 7.05. The van der Waals surface area contributed by atoms with E-state index in [-0.39, 0.29) is 24.3 Å². The average Bonchev–Trinajstić information content (AvgIpc) is 3.61. The lowest BCUT2D eigenvalue weighted by molar-refractivity contribution is -0.132. The Hall–Kier alpha value is -3.80. The maximum absolute atomic E-state index is 14.0. The fourth-order valence-corrected chi connectivity index (χ4v) is 4.43. The van der Waals surface area contributed by atoms with Crippen molar-refractivity contribution >= 4 is 17.5 Å². The Balaban J connectivity index is 1.43. The van der Waals surface area contributed by atoms with Gasteiger partial charge in [0.2, 0.25) is 11.8 Å². The van der Waals surface area contributed by atoms with Crippen LogP contribution >= 0.6 is 0 Å². The number of hydrogen-bond acceptors (Lipinski definition) is 6. The van der Waals surface area contributed by atoms with Crippen LogP contribution in [0.15, 0.2) is 48.4 Å². The zero-order valence-corrected chi connectivity index (χ0v) is 18.4. The molecule has 4 rings (SSSR count). The van der Waals surface area contributed by atoms with Crippen molar-refractivity contribution in [1.29, 1.82) is 5.26 Å². The van der Waals surface area contributed by atoms with Crippen LogP contribution in [0.5, 0.6) is 0 Å². The van der Waals surface area contributed by atoms with E-state index in [1.807, 2.05) is 0 Å². The van der Waals surface area contributed by atoms with Gasteiger partial charge in [-0.1, -0.05) is 0 Å². The maximum Gasteiger partial charge on any atom is 0.247 e. The van der Waals surface area contributed by atoms with Gasteiger partial charge in [-0.3, -0.25) is 9.59 Å². The summed E-state index contributed by atoms with van der Waals surface area (Å²) in [6.07, 6.45) is 8.93. The summed E-state index contributed by atoms with van der Waals surface area (Å²) in [7, 11) is 1.70. The van der Waals surface area contributed by atoms with Gasteiger partial charge in [0, 0.05) is 37.6 Å². The fourth-order valence-electron chi connectivity index (χ4n) is 4.43. The predicted molar refractivity (Wildman–Crippen MR) is 121 cm³/mol. The van der Waals surface area contributed by atoms with E-state index in [2.05, 4.69) is 22.0 Å². The molecule has 2 amide bonds. The number of allylic oxidation sites excluding steroid dienone is 1. The third kappa shape index (κ3) is 4.42. The van der Waals surface area contributed by atoms with Gasteiger partial charge in [0.1, 0.15) is 17.3 Å². The molecule has 0 radical (unpaired) electrons. The summed E-state index contributed by atoms with van der Waals surface area (Å²) in [6, 6.07) is 5.95. The Labute approximate surface area is 192 Å². The second-order valence-electron chi connectivity index (χ2n) is 8.59. The van der Waals surface area contributed by atoms with Crippen molar-refractivity contribution in [1.82, 2.24) is 20.9 Å². The number of benzene rings is 1. The maximum atomic E-state index is 14.0. The van der Waals surface area contributed by atoms with E-state index in [4.69, 9.17) is 5.73 Å². The van der Waals surface area contributed by atoms with Crippen LogP contribution in [0, 0.1) is 28.5 Å². The fraction of sp³-hybridized carbons (Fsp3) is 0.375. The molecule has 0 spiro atoms. The van der Waals surface area contributed by atoms with Gasteiger partial charge in [0.05, 0.1) is 11.8 Å². The van der Waals surface area contributed by atoms with E-state index in [0.29, 0.717) is 35.5 Å². The Bertz CT molecular complexity index is 1100. The first kappa shape index (κ1) is 22.4. The Morgan fingerprint density at radius 1 is 1.42 bits per heavy atom. The van der Waals surface area contributed by atoms with Crippen LogP contribution in [0.3, 0.4) is 0 Å². The van der Waals surface area contributed by atoms with Crippen molar-refractivity contribution < 1.29 is 14.0 Å². The minimum Gasteiger partial charge on any atom is -0.397 e. The normalized spacial score (nSPS) is 24.7. The van der Waals surface area contributed by atoms with Crippen LogP contribution in [0.4, 0.5) is 4.39 Å². The number of nitrogens with two attached hydrogens (primary N) is 1. The molecule has 1 aromatic carbocycles. The van der Waals surface area contributed by atoms with Crippen LogP contribution in [0.25, 0.3) is 5.70 Å². The van der Waals surface area contributed by atoms with Crippen molar-refractivity contribution in [2.75, 3.05) is 13.6 Å². The van der Waals surface area contributed by atoms with Crippen LogP contribution in [-0.2, 0) is 16.1 Å². The molecule has 2 atom stereocenters. The topological polar surface area (TPSA) is 123 Å². The minimum atomic E-state index is -0.935. The first-order chi connectivity index (χ1) is 15.9. The molecule has 172 valence electrons. The number of nitrogens with one attached hydrogen (secondary N) is 3. The molecule has 1 aromatic rings. The molecule has 33 heavy (non-hydrogen) atoms. The number of rotatable bonds is 7. The molecule has 5 N–H and O–H groups in total. The standard InChI is InChI=1S/C24H27FN6O2/c1-28-13-20(27)16-8-15(9-18(25)10-16)12-30-22(32)21-11-19(4-6-29-21)31-7-5-24(14-26,23(31)33)17-2-3-17/h4,6,8-11,13,17,21,28-29H,2-3,5,7,12,27H2,1H3,(H,30,32)/b20-13-. The van der Waals surface area contributed by atoms with E-state index in [1.54, 1.807) is 42.6 Å². The van der Waals surface area contributed by atoms with E-state index >= 15 is 0 Å². The van der Waals surface area contributed by atoms with Gasteiger partial charge in [-0.15, -0.1) is 0 Å². The number of amides is 2. The van der Waals surface area contributed by atoms with Gasteiger partial charge >= 0.3 is 0 Å². The second-order valence-corrected chi connectivity index (χ2v) is 8.59. The Morgan fingerprint density at radius 3 is 2.91 bits per heavy atom. The highest BCUT2D eigenvalue weighted by molar-refractivity contribution is 5.91. The molecule has 9 heteroatoms. The smallest absolute Gasteiger partial charge is 0.247 e. The van der Waals surface area contributed by atoms with E-state index in [1.165, 1.54) is 12.1 Å². The molecule has 1 saturated heterocycles. The quantitative estimate of drug-likeness (QED) is 0.499. The Kier molecular flexibility index (Phi) is 6.09. The zero-order chi connectivity index (χ0) is 23.6. The highest BCUT2D eigenvalue weighted by Gasteiger charge is 2.57. The molecule has 2 unspecified atom stereocenters. The molecule has 1 saturated carbocycles. The molecule has 0 aromatic heterocycles. The lowest BCUT2D eigenvalue weighted by atomic mass is 9.83. The van der Waals surface area contributed by atoms with Crippen LogP contribution in [0.1, 0.15) is 30.4 Å².